The maximum atomic E-state index is 5.48. The van der Waals surface area contributed by atoms with Gasteiger partial charge in [-0.3, -0.25) is 0 Å². The SMILES string of the molecule is C#C[C@@H](C)[C@@H](CCCC)OCOC. The normalized spacial score (nSPS) is 14.9. The Balaban J connectivity index is 3.81. The van der Waals surface area contributed by atoms with E-state index < -0.39 is 0 Å². The van der Waals surface area contributed by atoms with Crippen LogP contribution in [0.1, 0.15) is 33.1 Å². The fourth-order valence-electron chi connectivity index (χ4n) is 1.15. The molecule has 0 aliphatic rings. The molecule has 0 aromatic rings. The van der Waals surface area contributed by atoms with E-state index in [4.69, 9.17) is 15.9 Å². The Labute approximate surface area is 81.6 Å². The molecule has 0 aromatic heterocycles. The topological polar surface area (TPSA) is 18.5 Å². The van der Waals surface area contributed by atoms with Crippen molar-refractivity contribution in [2.24, 2.45) is 5.92 Å². The second kappa shape index (κ2) is 8.10. The van der Waals surface area contributed by atoms with Crippen molar-refractivity contribution in [2.75, 3.05) is 13.9 Å². The zero-order valence-electron chi connectivity index (χ0n) is 8.88. The number of unbranched alkanes of at least 4 members (excludes halogenated alkanes) is 1. The lowest BCUT2D eigenvalue weighted by Crippen LogP contribution is -2.21. The van der Waals surface area contributed by atoms with Gasteiger partial charge in [-0.15, -0.1) is 12.3 Å². The Morgan fingerprint density at radius 1 is 1.46 bits per heavy atom. The summed E-state index contributed by atoms with van der Waals surface area (Å²) < 4.78 is 10.3. The fourth-order valence-corrected chi connectivity index (χ4v) is 1.15. The smallest absolute Gasteiger partial charge is 0.146 e. The van der Waals surface area contributed by atoms with Gasteiger partial charge in [0.2, 0.25) is 0 Å². The lowest BCUT2D eigenvalue weighted by atomic mass is 10.0. The number of rotatable bonds is 7. The van der Waals surface area contributed by atoms with E-state index in [9.17, 15) is 0 Å². The van der Waals surface area contributed by atoms with Crippen LogP contribution >= 0.6 is 0 Å². The first-order valence-corrected chi connectivity index (χ1v) is 4.82. The second-order valence-corrected chi connectivity index (χ2v) is 3.21. The van der Waals surface area contributed by atoms with Gasteiger partial charge in [-0.25, -0.2) is 0 Å². The summed E-state index contributed by atoms with van der Waals surface area (Å²) in [6, 6.07) is 0. The summed E-state index contributed by atoms with van der Waals surface area (Å²) in [6.07, 6.45) is 8.83. The molecule has 0 unspecified atom stereocenters. The number of methoxy groups -OCH3 is 1. The molecule has 0 amide bonds. The molecule has 0 spiro atoms. The van der Waals surface area contributed by atoms with E-state index in [1.54, 1.807) is 7.11 Å². The minimum atomic E-state index is 0.143. The van der Waals surface area contributed by atoms with Crippen molar-refractivity contribution in [1.29, 1.82) is 0 Å². The zero-order valence-corrected chi connectivity index (χ0v) is 8.88. The van der Waals surface area contributed by atoms with Crippen LogP contribution in [0.15, 0.2) is 0 Å². The van der Waals surface area contributed by atoms with Crippen LogP contribution in [0, 0.1) is 18.3 Å². The molecule has 0 saturated heterocycles. The maximum absolute atomic E-state index is 5.48. The Morgan fingerprint density at radius 2 is 2.15 bits per heavy atom. The van der Waals surface area contributed by atoms with Crippen molar-refractivity contribution in [3.05, 3.63) is 0 Å². The Bertz CT molecular complexity index is 141. The summed E-state index contributed by atoms with van der Waals surface area (Å²) in [6.45, 7) is 4.50. The third kappa shape index (κ3) is 5.68. The van der Waals surface area contributed by atoms with Crippen LogP contribution in [0.3, 0.4) is 0 Å². The highest BCUT2D eigenvalue weighted by molar-refractivity contribution is 4.94. The molecule has 0 radical (unpaired) electrons. The third-order valence-electron chi connectivity index (χ3n) is 2.06. The van der Waals surface area contributed by atoms with Crippen LogP contribution in [0.4, 0.5) is 0 Å². The van der Waals surface area contributed by atoms with Crippen molar-refractivity contribution in [3.63, 3.8) is 0 Å². The maximum Gasteiger partial charge on any atom is 0.146 e. The summed E-state index contributed by atoms with van der Waals surface area (Å²) in [5, 5.41) is 0. The summed E-state index contributed by atoms with van der Waals surface area (Å²) in [7, 11) is 1.62. The van der Waals surface area contributed by atoms with E-state index >= 15 is 0 Å². The molecular weight excluding hydrogens is 164 g/mol. The van der Waals surface area contributed by atoms with Crippen LogP contribution in [0.25, 0.3) is 0 Å². The summed E-state index contributed by atoms with van der Waals surface area (Å²) >= 11 is 0. The molecule has 0 bridgehead atoms. The van der Waals surface area contributed by atoms with E-state index in [2.05, 4.69) is 12.8 Å². The van der Waals surface area contributed by atoms with Crippen LogP contribution in [-0.4, -0.2) is 20.0 Å². The van der Waals surface area contributed by atoms with Crippen LogP contribution in [0.5, 0.6) is 0 Å². The van der Waals surface area contributed by atoms with Gasteiger partial charge in [-0.2, -0.15) is 0 Å². The van der Waals surface area contributed by atoms with Crippen molar-refractivity contribution >= 4 is 0 Å². The minimum Gasteiger partial charge on any atom is -0.359 e. The third-order valence-corrected chi connectivity index (χ3v) is 2.06. The number of hydrogen-bond acceptors (Lipinski definition) is 2. The van der Waals surface area contributed by atoms with Gasteiger partial charge in [0.1, 0.15) is 6.79 Å². The molecule has 2 heteroatoms. The molecule has 0 aliphatic carbocycles. The van der Waals surface area contributed by atoms with Gasteiger partial charge in [0.05, 0.1) is 6.10 Å². The quantitative estimate of drug-likeness (QED) is 0.447. The van der Waals surface area contributed by atoms with Crippen molar-refractivity contribution < 1.29 is 9.47 Å². The van der Waals surface area contributed by atoms with Gasteiger partial charge in [-0.1, -0.05) is 19.8 Å². The predicted molar refractivity (Wildman–Crippen MR) is 54.3 cm³/mol. The van der Waals surface area contributed by atoms with E-state index in [1.807, 2.05) is 6.92 Å². The molecule has 0 heterocycles. The first-order chi connectivity index (χ1) is 6.26. The predicted octanol–water partition coefficient (Wildman–Crippen LogP) is 2.44. The van der Waals surface area contributed by atoms with Gasteiger partial charge in [-0.05, 0) is 13.3 Å². The molecule has 13 heavy (non-hydrogen) atoms. The lowest BCUT2D eigenvalue weighted by molar-refractivity contribution is -0.0847. The first-order valence-electron chi connectivity index (χ1n) is 4.82. The lowest BCUT2D eigenvalue weighted by Gasteiger charge is -2.19. The van der Waals surface area contributed by atoms with E-state index in [1.165, 1.54) is 6.42 Å². The first kappa shape index (κ1) is 12.5. The van der Waals surface area contributed by atoms with Gasteiger partial charge in [0.25, 0.3) is 0 Å². The highest BCUT2D eigenvalue weighted by atomic mass is 16.7. The highest BCUT2D eigenvalue weighted by Gasteiger charge is 2.14. The van der Waals surface area contributed by atoms with Gasteiger partial charge >= 0.3 is 0 Å². The molecule has 0 saturated carbocycles. The van der Waals surface area contributed by atoms with E-state index in [0.717, 1.165) is 12.8 Å². The minimum absolute atomic E-state index is 0.143. The summed E-state index contributed by atoms with van der Waals surface area (Å²) in [5.41, 5.74) is 0. The van der Waals surface area contributed by atoms with E-state index in [0.29, 0.717) is 6.79 Å². The van der Waals surface area contributed by atoms with Crippen molar-refractivity contribution in [3.8, 4) is 12.3 Å². The largest absolute Gasteiger partial charge is 0.359 e. The van der Waals surface area contributed by atoms with Crippen LogP contribution < -0.4 is 0 Å². The molecule has 2 nitrogen and oxygen atoms in total. The molecule has 2 atom stereocenters. The Kier molecular flexibility index (Phi) is 7.77. The second-order valence-electron chi connectivity index (χ2n) is 3.21. The van der Waals surface area contributed by atoms with Gasteiger partial charge in [0, 0.05) is 13.0 Å². The summed E-state index contributed by atoms with van der Waals surface area (Å²) in [4.78, 5) is 0. The summed E-state index contributed by atoms with van der Waals surface area (Å²) in [5.74, 6) is 2.87. The highest BCUT2D eigenvalue weighted by Crippen LogP contribution is 2.13. The van der Waals surface area contributed by atoms with Gasteiger partial charge in [0.15, 0.2) is 0 Å². The fraction of sp³-hybridized carbons (Fsp3) is 0.818. The van der Waals surface area contributed by atoms with Crippen molar-refractivity contribution in [2.45, 2.75) is 39.2 Å². The molecule has 0 aromatic carbocycles. The standard InChI is InChI=1S/C11H20O2/c1-5-7-8-11(10(3)6-2)13-9-12-4/h2,10-11H,5,7-9H2,1,3-4H3/t10-,11-/m1/s1. The molecule has 0 N–H and O–H groups in total. The van der Waals surface area contributed by atoms with Gasteiger partial charge < -0.3 is 9.47 Å². The number of hydrogen-bond donors (Lipinski definition) is 0. The molecular formula is C11H20O2. The Morgan fingerprint density at radius 3 is 2.62 bits per heavy atom. The molecule has 0 aliphatic heterocycles. The van der Waals surface area contributed by atoms with Crippen LogP contribution in [0.2, 0.25) is 0 Å². The zero-order chi connectivity index (χ0) is 10.1. The van der Waals surface area contributed by atoms with Crippen molar-refractivity contribution in [1.82, 2.24) is 0 Å². The Hall–Kier alpha value is -0.520. The average molecular weight is 184 g/mol. The average Bonchev–Trinajstić information content (AvgIpc) is 2.17. The molecule has 0 rings (SSSR count). The molecule has 0 fully saturated rings. The van der Waals surface area contributed by atoms with E-state index in [-0.39, 0.29) is 12.0 Å². The number of ether oxygens (including phenoxy) is 2. The molecule has 76 valence electrons. The monoisotopic (exact) mass is 184 g/mol. The van der Waals surface area contributed by atoms with Crippen LogP contribution in [-0.2, 0) is 9.47 Å². The number of terminal acetylenes is 1.